The van der Waals surface area contributed by atoms with E-state index in [1.807, 2.05) is 0 Å². The predicted octanol–water partition coefficient (Wildman–Crippen LogP) is 5.11. The summed E-state index contributed by atoms with van der Waals surface area (Å²) in [6.45, 7) is 0.999. The molecule has 0 aliphatic heterocycles. The zero-order valence-electron chi connectivity index (χ0n) is 21.4. The fraction of sp³-hybridized carbons (Fsp3) is 0.148. The number of nitro groups is 1. The molecular formula is C27H23F4N5O5. The lowest BCUT2D eigenvalue weighted by molar-refractivity contribution is -0.384. The fourth-order valence-corrected chi connectivity index (χ4v) is 3.56. The first-order valence-corrected chi connectivity index (χ1v) is 11.9. The molecule has 2 N–H and O–H groups in total. The van der Waals surface area contributed by atoms with Gasteiger partial charge in [0.1, 0.15) is 5.75 Å². The minimum atomic E-state index is -4.62. The molecule has 0 saturated carbocycles. The van der Waals surface area contributed by atoms with Crippen molar-refractivity contribution in [2.24, 2.45) is 0 Å². The number of para-hydroxylation sites is 1. The maximum absolute atomic E-state index is 14.5. The van der Waals surface area contributed by atoms with Crippen LogP contribution < -0.4 is 10.2 Å². The van der Waals surface area contributed by atoms with Crippen molar-refractivity contribution in [2.45, 2.75) is 13.1 Å². The van der Waals surface area contributed by atoms with Crippen LogP contribution in [0.1, 0.15) is 22.8 Å². The van der Waals surface area contributed by atoms with Gasteiger partial charge >= 0.3 is 6.18 Å². The molecule has 0 atom stereocenters. The molecule has 0 fully saturated rings. The van der Waals surface area contributed by atoms with Crippen molar-refractivity contribution >= 4 is 23.3 Å². The second kappa shape index (κ2) is 13.2. The van der Waals surface area contributed by atoms with Gasteiger partial charge in [-0.15, -0.1) is 0 Å². The second-order valence-electron chi connectivity index (χ2n) is 8.24. The first-order valence-electron chi connectivity index (χ1n) is 11.9. The van der Waals surface area contributed by atoms with Crippen molar-refractivity contribution in [3.63, 3.8) is 0 Å². The van der Waals surface area contributed by atoms with Crippen LogP contribution in [0.3, 0.4) is 0 Å². The number of aromatic nitrogens is 2. The van der Waals surface area contributed by atoms with Gasteiger partial charge < -0.3 is 10.4 Å². The van der Waals surface area contributed by atoms with E-state index in [4.69, 9.17) is 0 Å². The van der Waals surface area contributed by atoms with Gasteiger partial charge in [0.2, 0.25) is 5.91 Å². The van der Waals surface area contributed by atoms with Gasteiger partial charge in [0.25, 0.3) is 11.6 Å². The number of benzene rings is 3. The first-order chi connectivity index (χ1) is 19.4. The van der Waals surface area contributed by atoms with Gasteiger partial charge in [0.15, 0.2) is 11.6 Å². The summed E-state index contributed by atoms with van der Waals surface area (Å²) in [7, 11) is 0. The number of amides is 2. The Bertz CT molecular complexity index is 1530. The molecule has 3 aromatic carbocycles. The van der Waals surface area contributed by atoms with Crippen LogP contribution in [-0.2, 0) is 11.0 Å². The summed E-state index contributed by atoms with van der Waals surface area (Å²) >= 11 is 0. The molecule has 1 aromatic heterocycles. The van der Waals surface area contributed by atoms with Gasteiger partial charge in [-0.2, -0.15) is 18.3 Å². The number of nitrogens with one attached hydrogen (secondary N) is 1. The molecule has 4 rings (SSSR count). The highest BCUT2D eigenvalue weighted by Crippen LogP contribution is 2.29. The van der Waals surface area contributed by atoms with E-state index in [0.717, 1.165) is 27.9 Å². The SMILES string of the molecule is CCN(C(=O)CNC(=O)c1cccc(C(F)(F)F)c1)c1c(F)cnn1-c1cccc(O)c1.O=[N+]([O-])c1ccccc1. The minimum Gasteiger partial charge on any atom is -0.508 e. The number of nitrogens with zero attached hydrogens (tertiary/aromatic N) is 4. The van der Waals surface area contributed by atoms with Crippen molar-refractivity contribution in [1.82, 2.24) is 15.1 Å². The van der Waals surface area contributed by atoms with Crippen LogP contribution >= 0.6 is 0 Å². The Kier molecular flexibility index (Phi) is 9.74. The maximum atomic E-state index is 14.5. The number of alkyl halides is 3. The number of hydrogen-bond acceptors (Lipinski definition) is 6. The number of aromatic hydroxyl groups is 1. The maximum Gasteiger partial charge on any atom is 0.416 e. The summed E-state index contributed by atoms with van der Waals surface area (Å²) in [5.41, 5.74) is -0.837. The van der Waals surface area contributed by atoms with Crippen molar-refractivity contribution < 1.29 is 37.2 Å². The van der Waals surface area contributed by atoms with E-state index in [9.17, 15) is 42.4 Å². The molecule has 0 unspecified atom stereocenters. The minimum absolute atomic E-state index is 0.0136. The van der Waals surface area contributed by atoms with E-state index in [-0.39, 0.29) is 29.4 Å². The summed E-state index contributed by atoms with van der Waals surface area (Å²) < 4.78 is 54.1. The highest BCUT2D eigenvalue weighted by Gasteiger charge is 2.31. The Morgan fingerprint density at radius 2 is 1.73 bits per heavy atom. The summed E-state index contributed by atoms with van der Waals surface area (Å²) in [5, 5.41) is 25.8. The Hall–Kier alpha value is -5.27. The topological polar surface area (TPSA) is 131 Å². The van der Waals surface area contributed by atoms with Crippen molar-refractivity contribution in [3.8, 4) is 11.4 Å². The van der Waals surface area contributed by atoms with Gasteiger partial charge in [0, 0.05) is 30.3 Å². The number of rotatable bonds is 7. The average molecular weight is 574 g/mol. The largest absolute Gasteiger partial charge is 0.508 e. The van der Waals surface area contributed by atoms with Crippen LogP contribution in [0, 0.1) is 15.9 Å². The fourth-order valence-electron chi connectivity index (χ4n) is 3.56. The molecule has 41 heavy (non-hydrogen) atoms. The van der Waals surface area contributed by atoms with E-state index in [1.54, 1.807) is 31.2 Å². The number of halogens is 4. The standard InChI is InChI=1S/C21H18F4N4O3.C6H5NO2/c1-2-28(20-17(22)11-27-29(20)15-7-4-8-16(30)10-15)18(31)12-26-19(32)13-5-3-6-14(9-13)21(23,24)25;8-7(9)6-4-2-1-3-5-6/h3-11,30H,2,12H2,1H3,(H,26,32);1-5H. The summed E-state index contributed by atoms with van der Waals surface area (Å²) in [5.74, 6) is -2.72. The number of nitro benzene ring substituents is 1. The lowest BCUT2D eigenvalue weighted by Gasteiger charge is -2.22. The van der Waals surface area contributed by atoms with Crippen molar-refractivity contribution in [3.05, 3.63) is 112 Å². The Morgan fingerprint density at radius 3 is 2.32 bits per heavy atom. The van der Waals surface area contributed by atoms with E-state index >= 15 is 0 Å². The third kappa shape index (κ3) is 7.88. The number of phenolic OH excluding ortho intramolecular Hbond substituents is 1. The normalized spacial score (nSPS) is 10.8. The lowest BCUT2D eigenvalue weighted by atomic mass is 10.1. The summed E-state index contributed by atoms with van der Waals surface area (Å²) in [6, 6.07) is 17.5. The van der Waals surface area contributed by atoms with Crippen LogP contribution in [0.25, 0.3) is 5.69 Å². The molecule has 0 radical (unpaired) electrons. The summed E-state index contributed by atoms with van der Waals surface area (Å²) in [4.78, 5) is 35.6. The third-order valence-corrected chi connectivity index (χ3v) is 5.47. The first kappa shape index (κ1) is 30.3. The highest BCUT2D eigenvalue weighted by atomic mass is 19.4. The van der Waals surface area contributed by atoms with Crippen LogP contribution in [0.15, 0.2) is 85.1 Å². The quantitative estimate of drug-likeness (QED) is 0.179. The zero-order valence-corrected chi connectivity index (χ0v) is 21.4. The van der Waals surface area contributed by atoms with E-state index in [2.05, 4.69) is 10.4 Å². The molecule has 14 heteroatoms. The average Bonchev–Trinajstić information content (AvgIpc) is 3.33. The third-order valence-electron chi connectivity index (χ3n) is 5.47. The zero-order chi connectivity index (χ0) is 30.2. The molecule has 0 saturated heterocycles. The van der Waals surface area contributed by atoms with E-state index < -0.39 is 40.8 Å². The molecule has 0 bridgehead atoms. The molecule has 0 spiro atoms. The lowest BCUT2D eigenvalue weighted by Crippen LogP contribution is -2.41. The Morgan fingerprint density at radius 1 is 1.05 bits per heavy atom. The molecule has 10 nitrogen and oxygen atoms in total. The van der Waals surface area contributed by atoms with Gasteiger partial charge in [-0.3, -0.25) is 24.6 Å². The molecule has 2 amide bonds. The van der Waals surface area contributed by atoms with Gasteiger partial charge in [0.05, 0.1) is 28.9 Å². The molecule has 0 aliphatic carbocycles. The van der Waals surface area contributed by atoms with Crippen molar-refractivity contribution in [2.75, 3.05) is 18.0 Å². The van der Waals surface area contributed by atoms with Crippen LogP contribution in [0.5, 0.6) is 5.75 Å². The monoisotopic (exact) mass is 573 g/mol. The number of phenols is 1. The smallest absolute Gasteiger partial charge is 0.416 e. The van der Waals surface area contributed by atoms with Crippen molar-refractivity contribution in [1.29, 1.82) is 0 Å². The Labute approximate surface area is 230 Å². The number of non-ortho nitro benzene ring substituents is 1. The number of hydrogen-bond donors (Lipinski definition) is 2. The molecular weight excluding hydrogens is 550 g/mol. The predicted molar refractivity (Wildman–Crippen MR) is 140 cm³/mol. The Balaban J connectivity index is 0.000000436. The molecule has 214 valence electrons. The van der Waals surface area contributed by atoms with Gasteiger partial charge in [-0.05, 0) is 37.3 Å². The van der Waals surface area contributed by atoms with Crippen LogP contribution in [-0.4, -0.2) is 44.7 Å². The number of likely N-dealkylation sites (N-methyl/N-ethyl adjacent to an activating group) is 1. The number of anilines is 1. The van der Waals surface area contributed by atoms with E-state index in [1.165, 1.54) is 36.4 Å². The number of carbonyl (C=O) groups is 2. The van der Waals surface area contributed by atoms with Gasteiger partial charge in [-0.25, -0.2) is 9.07 Å². The van der Waals surface area contributed by atoms with E-state index in [0.29, 0.717) is 11.8 Å². The van der Waals surface area contributed by atoms with Gasteiger partial charge in [-0.1, -0.05) is 30.3 Å². The molecule has 1 heterocycles. The second-order valence-corrected chi connectivity index (χ2v) is 8.24. The van der Waals surface area contributed by atoms with Crippen LogP contribution in [0.2, 0.25) is 0 Å². The molecule has 0 aliphatic rings. The van der Waals surface area contributed by atoms with Crippen LogP contribution in [0.4, 0.5) is 29.1 Å². The summed E-state index contributed by atoms with van der Waals surface area (Å²) in [6.07, 6.45) is -3.72. The highest BCUT2D eigenvalue weighted by molar-refractivity contribution is 6.00. The molecule has 4 aromatic rings. The number of carbonyl (C=O) groups excluding carboxylic acids is 2.